The number of benzene rings is 1. The van der Waals surface area contributed by atoms with Gasteiger partial charge >= 0.3 is 5.97 Å². The first-order valence-corrected chi connectivity index (χ1v) is 7.00. The van der Waals surface area contributed by atoms with Crippen LogP contribution in [0.5, 0.6) is 0 Å². The minimum atomic E-state index is -0.552. The lowest BCUT2D eigenvalue weighted by Crippen LogP contribution is -2.24. The van der Waals surface area contributed by atoms with Gasteiger partial charge in [-0.05, 0) is 11.1 Å². The molecule has 0 spiro atoms. The molecule has 0 aliphatic rings. The number of amides is 1. The number of hydrogen-bond acceptors (Lipinski definition) is 5. The van der Waals surface area contributed by atoms with E-state index in [-0.39, 0.29) is 5.91 Å². The fourth-order valence-corrected chi connectivity index (χ4v) is 1.94. The Kier molecular flexibility index (Phi) is 5.62. The van der Waals surface area contributed by atoms with Crippen LogP contribution in [0.1, 0.15) is 11.1 Å². The molecule has 1 heterocycles. The van der Waals surface area contributed by atoms with E-state index in [2.05, 4.69) is 14.8 Å². The highest BCUT2D eigenvalue weighted by Crippen LogP contribution is 2.08. The summed E-state index contributed by atoms with van der Waals surface area (Å²) in [5.74, 6) is -0.814. The lowest BCUT2D eigenvalue weighted by Gasteiger charge is -2.15. The molecule has 0 N–H and O–H groups in total. The third-order valence-corrected chi connectivity index (χ3v) is 3.19. The van der Waals surface area contributed by atoms with Crippen LogP contribution in [0, 0.1) is 0 Å². The molecule has 1 aromatic carbocycles. The minimum absolute atomic E-state index is 0.262. The van der Waals surface area contributed by atoms with E-state index < -0.39 is 5.97 Å². The fourth-order valence-electron chi connectivity index (χ4n) is 1.94. The second-order valence-electron chi connectivity index (χ2n) is 4.96. The number of aromatic nitrogens is 3. The fraction of sp³-hybridized carbons (Fsp3) is 0.250. The van der Waals surface area contributed by atoms with Crippen LogP contribution in [0.2, 0.25) is 0 Å². The smallest absolute Gasteiger partial charge is 0.330 e. The molecule has 1 aromatic heterocycles. The molecule has 0 radical (unpaired) electrons. The van der Waals surface area contributed by atoms with Gasteiger partial charge in [0.05, 0.1) is 13.7 Å². The van der Waals surface area contributed by atoms with Crippen molar-refractivity contribution in [2.75, 3.05) is 14.2 Å². The molecule has 0 unspecified atom stereocenters. The quantitative estimate of drug-likeness (QED) is 0.587. The van der Waals surface area contributed by atoms with Gasteiger partial charge in [0, 0.05) is 25.7 Å². The SMILES string of the molecule is COC(=O)/C=C/C(=O)N(C)Cc1ccc(Cn2cncn2)cc1. The molecule has 0 aliphatic heterocycles. The van der Waals surface area contributed by atoms with Gasteiger partial charge in [0.1, 0.15) is 12.7 Å². The molecular formula is C16H18N4O3. The average molecular weight is 314 g/mol. The van der Waals surface area contributed by atoms with E-state index in [1.54, 1.807) is 18.1 Å². The van der Waals surface area contributed by atoms with Crippen molar-refractivity contribution < 1.29 is 14.3 Å². The Balaban J connectivity index is 1.91. The summed E-state index contributed by atoms with van der Waals surface area (Å²) in [5.41, 5.74) is 2.09. The number of rotatable bonds is 6. The van der Waals surface area contributed by atoms with Crippen molar-refractivity contribution in [3.63, 3.8) is 0 Å². The van der Waals surface area contributed by atoms with Crippen LogP contribution < -0.4 is 0 Å². The van der Waals surface area contributed by atoms with Gasteiger partial charge < -0.3 is 9.64 Å². The average Bonchev–Trinajstić information content (AvgIpc) is 3.07. The highest BCUT2D eigenvalue weighted by Gasteiger charge is 2.07. The van der Waals surface area contributed by atoms with Gasteiger partial charge in [-0.15, -0.1) is 0 Å². The van der Waals surface area contributed by atoms with Crippen LogP contribution in [0.3, 0.4) is 0 Å². The zero-order chi connectivity index (χ0) is 16.7. The predicted octanol–water partition coefficient (Wildman–Crippen LogP) is 1.01. The van der Waals surface area contributed by atoms with E-state index in [9.17, 15) is 9.59 Å². The summed E-state index contributed by atoms with van der Waals surface area (Å²) in [6, 6.07) is 7.89. The molecule has 0 saturated heterocycles. The number of carbonyl (C=O) groups excluding carboxylic acids is 2. The first kappa shape index (κ1) is 16.4. The van der Waals surface area contributed by atoms with Gasteiger partial charge in [-0.2, -0.15) is 5.10 Å². The number of nitrogens with zero attached hydrogens (tertiary/aromatic N) is 4. The first-order chi connectivity index (χ1) is 11.1. The van der Waals surface area contributed by atoms with Crippen molar-refractivity contribution in [2.24, 2.45) is 0 Å². The van der Waals surface area contributed by atoms with Crippen molar-refractivity contribution in [1.29, 1.82) is 0 Å². The molecule has 23 heavy (non-hydrogen) atoms. The summed E-state index contributed by atoms with van der Waals surface area (Å²) in [6.45, 7) is 1.10. The summed E-state index contributed by atoms with van der Waals surface area (Å²) < 4.78 is 6.19. The van der Waals surface area contributed by atoms with Crippen LogP contribution in [-0.2, 0) is 27.4 Å². The van der Waals surface area contributed by atoms with Crippen molar-refractivity contribution >= 4 is 11.9 Å². The summed E-state index contributed by atoms with van der Waals surface area (Å²) >= 11 is 0. The number of hydrogen-bond donors (Lipinski definition) is 0. The molecule has 0 bridgehead atoms. The Morgan fingerprint density at radius 1 is 1.22 bits per heavy atom. The topological polar surface area (TPSA) is 77.3 Å². The molecule has 0 aliphatic carbocycles. The van der Waals surface area contributed by atoms with Gasteiger partial charge in [-0.3, -0.25) is 4.79 Å². The maximum absolute atomic E-state index is 11.9. The van der Waals surface area contributed by atoms with Crippen LogP contribution in [-0.4, -0.2) is 45.7 Å². The third-order valence-electron chi connectivity index (χ3n) is 3.19. The lowest BCUT2D eigenvalue weighted by molar-refractivity contribution is -0.135. The highest BCUT2D eigenvalue weighted by atomic mass is 16.5. The van der Waals surface area contributed by atoms with Crippen molar-refractivity contribution in [3.8, 4) is 0 Å². The molecule has 7 heteroatoms. The van der Waals surface area contributed by atoms with Crippen LogP contribution in [0.25, 0.3) is 0 Å². The molecular weight excluding hydrogens is 296 g/mol. The van der Waals surface area contributed by atoms with Gasteiger partial charge in [0.2, 0.25) is 5.91 Å². The predicted molar refractivity (Wildman–Crippen MR) is 83.2 cm³/mol. The van der Waals surface area contributed by atoms with Crippen LogP contribution in [0.4, 0.5) is 0 Å². The van der Waals surface area contributed by atoms with Crippen LogP contribution in [0.15, 0.2) is 49.1 Å². The van der Waals surface area contributed by atoms with Gasteiger partial charge in [-0.25, -0.2) is 14.5 Å². The van der Waals surface area contributed by atoms with Gasteiger partial charge in [0.15, 0.2) is 0 Å². The summed E-state index contributed by atoms with van der Waals surface area (Å²) in [6.07, 6.45) is 5.47. The molecule has 0 saturated carbocycles. The number of methoxy groups -OCH3 is 1. The second kappa shape index (κ2) is 7.88. The molecule has 2 rings (SSSR count). The van der Waals surface area contributed by atoms with Gasteiger partial charge in [-0.1, -0.05) is 24.3 Å². The largest absolute Gasteiger partial charge is 0.466 e. The number of ether oxygens (including phenoxy) is 1. The van der Waals surface area contributed by atoms with Gasteiger partial charge in [0.25, 0.3) is 0 Å². The Hall–Kier alpha value is -2.96. The maximum Gasteiger partial charge on any atom is 0.330 e. The summed E-state index contributed by atoms with van der Waals surface area (Å²) in [5, 5.41) is 4.05. The molecule has 7 nitrogen and oxygen atoms in total. The van der Waals surface area contributed by atoms with Crippen molar-refractivity contribution in [2.45, 2.75) is 13.1 Å². The minimum Gasteiger partial charge on any atom is -0.466 e. The van der Waals surface area contributed by atoms with Crippen LogP contribution >= 0.6 is 0 Å². The Bertz CT molecular complexity index is 678. The maximum atomic E-state index is 11.9. The van der Waals surface area contributed by atoms with Crippen molar-refractivity contribution in [1.82, 2.24) is 19.7 Å². The Morgan fingerprint density at radius 2 is 1.91 bits per heavy atom. The van der Waals surface area contributed by atoms with E-state index in [4.69, 9.17) is 0 Å². The number of carbonyl (C=O) groups is 2. The van der Waals surface area contributed by atoms with Crippen molar-refractivity contribution in [3.05, 3.63) is 60.2 Å². The lowest BCUT2D eigenvalue weighted by atomic mass is 10.1. The molecule has 2 aromatic rings. The molecule has 0 fully saturated rings. The first-order valence-electron chi connectivity index (χ1n) is 7.00. The summed E-state index contributed by atoms with van der Waals surface area (Å²) in [4.78, 5) is 28.3. The highest BCUT2D eigenvalue weighted by molar-refractivity contribution is 5.94. The van der Waals surface area contributed by atoms with E-state index in [1.165, 1.54) is 24.4 Å². The number of esters is 1. The van der Waals surface area contributed by atoms with E-state index in [1.807, 2.05) is 24.3 Å². The molecule has 0 atom stereocenters. The van der Waals surface area contributed by atoms with E-state index in [0.29, 0.717) is 13.1 Å². The van der Waals surface area contributed by atoms with E-state index in [0.717, 1.165) is 17.2 Å². The third kappa shape index (κ3) is 5.06. The normalized spacial score (nSPS) is 10.7. The summed E-state index contributed by atoms with van der Waals surface area (Å²) in [7, 11) is 2.94. The van der Waals surface area contributed by atoms with E-state index >= 15 is 0 Å². The molecule has 1 amide bonds. The zero-order valence-electron chi connectivity index (χ0n) is 13.0. The zero-order valence-corrected chi connectivity index (χ0v) is 13.0. The monoisotopic (exact) mass is 314 g/mol. The molecule has 120 valence electrons. The Labute approximate surface area is 134 Å². The Morgan fingerprint density at radius 3 is 2.52 bits per heavy atom. The number of likely N-dealkylation sites (N-methyl/N-ethyl adjacent to an activating group) is 1. The standard InChI is InChI=1S/C16H18N4O3/c1-19(15(21)7-8-16(22)23-2)9-13-3-5-14(6-4-13)10-20-12-17-11-18-20/h3-8,11-12H,9-10H2,1-2H3/b8-7+. The second-order valence-corrected chi connectivity index (χ2v) is 4.96.